The Bertz CT molecular complexity index is 2000. The predicted molar refractivity (Wildman–Crippen MR) is 224 cm³/mol. The van der Waals surface area contributed by atoms with Gasteiger partial charge in [-0.1, -0.05) is 54.3 Å². The van der Waals surface area contributed by atoms with Crippen LogP contribution >= 0.6 is 0 Å². The van der Waals surface area contributed by atoms with E-state index in [0.717, 1.165) is 64.3 Å². The van der Waals surface area contributed by atoms with E-state index in [0.29, 0.717) is 77.1 Å². The molecular formula is C46H51N3O6Si. The van der Waals surface area contributed by atoms with Crippen molar-refractivity contribution in [3.8, 4) is 53.0 Å². The van der Waals surface area contributed by atoms with Gasteiger partial charge in [0.05, 0.1) is 75.7 Å². The van der Waals surface area contributed by atoms with Gasteiger partial charge in [-0.3, -0.25) is 4.90 Å². The van der Waals surface area contributed by atoms with E-state index in [1.165, 1.54) is 0 Å². The molecule has 1 heterocycles. The minimum atomic E-state index is -2.00. The summed E-state index contributed by atoms with van der Waals surface area (Å²) in [6, 6.07) is 29.4. The molecule has 290 valence electrons. The van der Waals surface area contributed by atoms with Crippen LogP contribution in [0.15, 0.2) is 84.9 Å². The molecule has 9 nitrogen and oxygen atoms in total. The zero-order valence-electron chi connectivity index (χ0n) is 32.7. The highest BCUT2D eigenvalue weighted by Gasteiger charge is 2.21. The molecule has 0 radical (unpaired) electrons. The van der Waals surface area contributed by atoms with Crippen LogP contribution in [0.1, 0.15) is 32.6 Å². The molecule has 0 unspecified atom stereocenters. The minimum absolute atomic E-state index is 0.298. The quantitative estimate of drug-likeness (QED) is 0.143. The molecule has 0 aliphatic carbocycles. The molecule has 1 fully saturated rings. The van der Waals surface area contributed by atoms with E-state index in [1.807, 2.05) is 92.4 Å². The van der Waals surface area contributed by atoms with Gasteiger partial charge in [-0.2, -0.15) is 5.26 Å². The fourth-order valence-electron chi connectivity index (χ4n) is 6.27. The largest absolute Gasteiger partial charge is 0.516 e. The standard InChI is InChI=1S/C46H51N3O6Si/c1-6-38-32-42(40-12-14-41(15-13-40)46(50)55-56(3,4)5)16-18-44(38)43-17-19-45(39(7-2)33-43)49-22-26-53-30-28-51-24-20-48(21-25-52-29-31-54-27-23-49)35-37-10-8-36(34-47)9-11-37/h1-2,8-19,32-33H,20-31,35H2,3-5H3. The van der Waals surface area contributed by atoms with Crippen LogP contribution in [0, 0.1) is 36.0 Å². The highest BCUT2D eigenvalue weighted by molar-refractivity contribution is 6.71. The van der Waals surface area contributed by atoms with Crippen LogP contribution in [0.2, 0.25) is 19.6 Å². The van der Waals surface area contributed by atoms with Crippen molar-refractivity contribution >= 4 is 20.0 Å². The maximum absolute atomic E-state index is 12.5. The van der Waals surface area contributed by atoms with E-state index in [9.17, 15) is 4.79 Å². The van der Waals surface area contributed by atoms with E-state index in [2.05, 4.69) is 27.7 Å². The smallest absolute Gasteiger partial charge is 0.324 e. The Morgan fingerprint density at radius 3 is 1.77 bits per heavy atom. The number of benzene rings is 4. The molecule has 4 aromatic carbocycles. The van der Waals surface area contributed by atoms with Crippen molar-refractivity contribution in [1.29, 1.82) is 5.26 Å². The van der Waals surface area contributed by atoms with Gasteiger partial charge < -0.3 is 28.3 Å². The van der Waals surface area contributed by atoms with Crippen molar-refractivity contribution in [3.63, 3.8) is 0 Å². The third-order valence-electron chi connectivity index (χ3n) is 9.18. The number of anilines is 1. The lowest BCUT2D eigenvalue weighted by atomic mass is 9.93. The molecular weight excluding hydrogens is 719 g/mol. The fourth-order valence-corrected chi connectivity index (χ4v) is 6.95. The summed E-state index contributed by atoms with van der Waals surface area (Å²) in [5.41, 5.74) is 8.43. The van der Waals surface area contributed by atoms with Crippen molar-refractivity contribution in [2.24, 2.45) is 0 Å². The molecule has 4 aromatic rings. The highest BCUT2D eigenvalue weighted by atomic mass is 28.4. The number of rotatable bonds is 7. The minimum Gasteiger partial charge on any atom is -0.516 e. The zero-order valence-corrected chi connectivity index (χ0v) is 33.7. The topological polar surface area (TPSA) is 93.5 Å². The van der Waals surface area contributed by atoms with Gasteiger partial charge in [-0.05, 0) is 89.9 Å². The third kappa shape index (κ3) is 12.7. The number of carbonyl (C=O) groups excluding carboxylic acids is 1. The van der Waals surface area contributed by atoms with E-state index in [-0.39, 0.29) is 5.97 Å². The van der Waals surface area contributed by atoms with E-state index in [1.54, 1.807) is 12.1 Å². The van der Waals surface area contributed by atoms with Crippen molar-refractivity contribution in [2.75, 3.05) is 83.9 Å². The summed E-state index contributed by atoms with van der Waals surface area (Å²) >= 11 is 0. The Labute approximate surface area is 333 Å². The van der Waals surface area contributed by atoms with Gasteiger partial charge in [-0.25, -0.2) is 4.79 Å². The molecule has 0 atom stereocenters. The summed E-state index contributed by atoms with van der Waals surface area (Å²) in [6.45, 7) is 13.5. The predicted octanol–water partition coefficient (Wildman–Crippen LogP) is 7.24. The Hall–Kier alpha value is -5.22. The number of nitriles is 1. The molecule has 10 heteroatoms. The van der Waals surface area contributed by atoms with Gasteiger partial charge >= 0.3 is 5.97 Å². The molecule has 1 aliphatic rings. The molecule has 0 aromatic heterocycles. The molecule has 0 amide bonds. The van der Waals surface area contributed by atoms with Crippen LogP contribution in [0.25, 0.3) is 22.3 Å². The molecule has 1 saturated heterocycles. The van der Waals surface area contributed by atoms with E-state index >= 15 is 0 Å². The first-order chi connectivity index (χ1) is 27.2. The lowest BCUT2D eigenvalue weighted by molar-refractivity contribution is 0.0211. The second kappa shape index (κ2) is 21.2. The first-order valence-corrected chi connectivity index (χ1v) is 22.4. The maximum atomic E-state index is 12.5. The van der Waals surface area contributed by atoms with Crippen LogP contribution in [0.3, 0.4) is 0 Å². The highest BCUT2D eigenvalue weighted by Crippen LogP contribution is 2.32. The monoisotopic (exact) mass is 769 g/mol. The van der Waals surface area contributed by atoms with Gasteiger partial charge in [-0.15, -0.1) is 12.8 Å². The lowest BCUT2D eigenvalue weighted by Gasteiger charge is -2.27. The zero-order chi connectivity index (χ0) is 39.8. The van der Waals surface area contributed by atoms with Gasteiger partial charge in [0.15, 0.2) is 0 Å². The first-order valence-electron chi connectivity index (χ1n) is 19.0. The molecule has 0 N–H and O–H groups in total. The maximum Gasteiger partial charge on any atom is 0.324 e. The molecule has 1 aliphatic heterocycles. The second-order valence-corrected chi connectivity index (χ2v) is 18.8. The van der Waals surface area contributed by atoms with Gasteiger partial charge in [0.2, 0.25) is 8.32 Å². The Morgan fingerprint density at radius 2 is 1.21 bits per heavy atom. The second-order valence-electron chi connectivity index (χ2n) is 14.4. The lowest BCUT2D eigenvalue weighted by Crippen LogP contribution is -2.33. The fraction of sp³-hybridized carbons (Fsp3) is 0.348. The summed E-state index contributed by atoms with van der Waals surface area (Å²) in [5.74, 6) is 5.46. The number of hydrogen-bond acceptors (Lipinski definition) is 9. The average Bonchev–Trinajstić information content (AvgIpc) is 3.20. The third-order valence-corrected chi connectivity index (χ3v) is 9.98. The van der Waals surface area contributed by atoms with Crippen LogP contribution in [0.5, 0.6) is 0 Å². The van der Waals surface area contributed by atoms with Gasteiger partial charge in [0.1, 0.15) is 0 Å². The summed E-state index contributed by atoms with van der Waals surface area (Å²) in [5, 5.41) is 9.11. The summed E-state index contributed by atoms with van der Waals surface area (Å²) in [4.78, 5) is 17.0. The number of nitrogens with zero attached hydrogens (tertiary/aromatic N) is 3. The Morgan fingerprint density at radius 1 is 0.679 bits per heavy atom. The number of carbonyl (C=O) groups is 1. The van der Waals surface area contributed by atoms with Gasteiger partial charge in [0, 0.05) is 43.9 Å². The molecule has 56 heavy (non-hydrogen) atoms. The van der Waals surface area contributed by atoms with Crippen LogP contribution in [-0.4, -0.2) is 98.2 Å². The first kappa shape index (κ1) is 41.9. The average molecular weight is 770 g/mol. The van der Waals surface area contributed by atoms with Crippen molar-refractivity contribution in [1.82, 2.24) is 4.90 Å². The molecule has 5 rings (SSSR count). The van der Waals surface area contributed by atoms with Crippen LogP contribution in [0.4, 0.5) is 5.69 Å². The van der Waals surface area contributed by atoms with Crippen molar-refractivity contribution in [2.45, 2.75) is 26.2 Å². The number of terminal acetylenes is 2. The Kier molecular flexibility index (Phi) is 15.9. The van der Waals surface area contributed by atoms with E-state index in [4.69, 9.17) is 41.5 Å². The molecule has 0 saturated carbocycles. The number of ether oxygens (including phenoxy) is 4. The Balaban J connectivity index is 1.22. The van der Waals surface area contributed by atoms with Crippen LogP contribution in [-0.2, 0) is 29.9 Å². The van der Waals surface area contributed by atoms with Crippen molar-refractivity contribution < 1.29 is 28.2 Å². The summed E-state index contributed by atoms with van der Waals surface area (Å²) < 4.78 is 29.5. The van der Waals surface area contributed by atoms with E-state index < -0.39 is 8.32 Å². The SMILES string of the molecule is C#Cc1cc(-c2ccc(C(=O)O[Si](C)(C)C)cc2)ccc1-c1ccc(N2CCOCCOCCN(Cc3ccc(C#N)cc3)CCOCCOCC2)c(C#C)c1. The molecule has 0 spiro atoms. The summed E-state index contributed by atoms with van der Waals surface area (Å²) in [6.07, 6.45) is 12.2. The molecule has 0 bridgehead atoms. The van der Waals surface area contributed by atoms with Crippen LogP contribution < -0.4 is 4.90 Å². The normalized spacial score (nSPS) is 15.7. The summed E-state index contributed by atoms with van der Waals surface area (Å²) in [7, 11) is -2.00. The number of hydrogen-bond donors (Lipinski definition) is 0. The van der Waals surface area contributed by atoms with Crippen molar-refractivity contribution in [3.05, 3.63) is 113 Å². The van der Waals surface area contributed by atoms with Gasteiger partial charge in [0.25, 0.3) is 0 Å².